The number of oxime groups is 2. The zero-order chi connectivity index (χ0) is 37.2. The van der Waals surface area contributed by atoms with Crippen molar-refractivity contribution in [2.45, 2.75) is 48.8 Å². The van der Waals surface area contributed by atoms with Gasteiger partial charge in [0.15, 0.2) is 11.2 Å². The zero-order valence-electron chi connectivity index (χ0n) is 26.6. The van der Waals surface area contributed by atoms with Crippen LogP contribution in [-0.2, 0) is 35.2 Å². The molecule has 0 aromatic heterocycles. The van der Waals surface area contributed by atoms with Crippen molar-refractivity contribution in [1.29, 1.82) is 0 Å². The van der Waals surface area contributed by atoms with Crippen LogP contribution in [0.1, 0.15) is 18.4 Å². The average molecular weight is 1100 g/mol. The van der Waals surface area contributed by atoms with Crippen LogP contribution < -0.4 is 15.4 Å². The normalized spacial score (nSPS) is 26.2. The first-order valence-electron chi connectivity index (χ1n) is 15.0. The highest BCUT2D eigenvalue weighted by atomic mass is 79.9. The van der Waals surface area contributed by atoms with E-state index in [-0.39, 0.29) is 44.0 Å². The molecule has 2 amide bonds. The Hall–Kier alpha value is -1.78. The van der Waals surface area contributed by atoms with Crippen LogP contribution in [0.5, 0.6) is 5.75 Å². The lowest BCUT2D eigenvalue weighted by Gasteiger charge is -2.33. The van der Waals surface area contributed by atoms with Crippen LogP contribution >= 0.6 is 95.6 Å². The number of methoxy groups -OCH3 is 2. The SMILES string of the molecule is COC1=C(Br)[C@H](O)[C@@]2(C=C1Br)CC(C(=O)NCCc1cc(Br)c(OCC(O)CNC(=O)C3=NO[C@]4(C=C(Br)C(OC)=C(Br)[C@@H]4O)C3)c(Br)c1)=NO2. The molecule has 0 radical (unpaired) electrons. The van der Waals surface area contributed by atoms with E-state index in [1.54, 1.807) is 12.2 Å². The number of halogens is 6. The number of aliphatic hydroxyl groups excluding tert-OH is 3. The molecule has 2 heterocycles. The highest BCUT2D eigenvalue weighted by Crippen LogP contribution is 2.45. The maximum Gasteiger partial charge on any atom is 0.269 e. The Kier molecular flexibility index (Phi) is 13.2. The van der Waals surface area contributed by atoms with Crippen LogP contribution in [0.4, 0.5) is 0 Å². The topological polar surface area (TPSA) is 190 Å². The van der Waals surface area contributed by atoms with E-state index < -0.39 is 41.3 Å². The van der Waals surface area contributed by atoms with Gasteiger partial charge in [0, 0.05) is 25.9 Å². The van der Waals surface area contributed by atoms with Crippen LogP contribution in [0.15, 0.2) is 73.0 Å². The van der Waals surface area contributed by atoms with Gasteiger partial charge < -0.3 is 49.8 Å². The van der Waals surface area contributed by atoms with Crippen molar-refractivity contribution in [1.82, 2.24) is 10.6 Å². The fourth-order valence-corrected chi connectivity index (χ4v) is 10.6. The molecule has 1 aromatic carbocycles. The third-order valence-corrected chi connectivity index (χ3v) is 12.1. The number of aliphatic hydroxyl groups is 3. The molecule has 5 atom stereocenters. The molecule has 0 saturated heterocycles. The monoisotopic (exact) mass is 1090 g/mol. The minimum absolute atomic E-state index is 0.0144. The second-order valence-electron chi connectivity index (χ2n) is 11.6. The molecule has 5 rings (SSSR count). The van der Waals surface area contributed by atoms with E-state index >= 15 is 0 Å². The van der Waals surface area contributed by atoms with Crippen molar-refractivity contribution in [3.05, 3.63) is 68.2 Å². The molecular formula is C31H30Br6N4O10. The maximum absolute atomic E-state index is 12.9. The summed E-state index contributed by atoms with van der Waals surface area (Å²) >= 11 is 20.5. The Bertz CT molecular complexity index is 1780. The Morgan fingerprint density at radius 2 is 1.33 bits per heavy atom. The van der Waals surface area contributed by atoms with E-state index in [1.807, 2.05) is 12.1 Å². The molecule has 5 N–H and O–H groups in total. The molecule has 1 aromatic rings. The van der Waals surface area contributed by atoms with Crippen LogP contribution in [0.3, 0.4) is 0 Å². The summed E-state index contributed by atoms with van der Waals surface area (Å²) < 4.78 is 19.4. The van der Waals surface area contributed by atoms with Crippen molar-refractivity contribution in [3.8, 4) is 5.75 Å². The second kappa shape index (κ2) is 16.7. The minimum atomic E-state index is -1.30. The van der Waals surface area contributed by atoms with Gasteiger partial charge in [0.2, 0.25) is 0 Å². The number of hydrogen-bond acceptors (Lipinski definition) is 12. The Balaban J connectivity index is 1.06. The van der Waals surface area contributed by atoms with Gasteiger partial charge >= 0.3 is 0 Å². The van der Waals surface area contributed by atoms with Gasteiger partial charge in [-0.15, -0.1) is 0 Å². The standard InChI is InChI=1S/C31H30Br6N4O10/c1-47-24-17(34)7-30(26(43)21(24)36)9-19(40-50-30)28(45)38-4-3-13-5-15(32)23(16(33)6-13)49-12-14(42)11-39-29(46)20-10-31(51-41-20)8-18(35)25(48-2)22(37)27(31)44/h5-8,14,26-27,42-44H,3-4,9-12H2,1-2H3,(H,38,45)(H,39,46)/t14?,26-,27-,30+,31+/m0/s1. The van der Waals surface area contributed by atoms with E-state index in [0.717, 1.165) is 5.56 Å². The summed E-state index contributed by atoms with van der Waals surface area (Å²) in [5.41, 5.74) is -1.49. The summed E-state index contributed by atoms with van der Waals surface area (Å²) in [4.78, 5) is 36.8. The second-order valence-corrected chi connectivity index (χ2v) is 16.8. The number of carbonyl (C=O) groups is 2. The first-order chi connectivity index (χ1) is 24.1. The summed E-state index contributed by atoms with van der Waals surface area (Å²) in [5, 5.41) is 45.4. The van der Waals surface area contributed by atoms with Gasteiger partial charge in [-0.2, -0.15) is 0 Å². The molecule has 2 spiro atoms. The molecule has 14 nitrogen and oxygen atoms in total. The predicted molar refractivity (Wildman–Crippen MR) is 207 cm³/mol. The van der Waals surface area contributed by atoms with Crippen molar-refractivity contribution < 1.29 is 48.8 Å². The third-order valence-electron chi connectivity index (χ3n) is 8.16. The number of amides is 2. The molecule has 0 saturated carbocycles. The summed E-state index contributed by atoms with van der Waals surface area (Å²) in [6.07, 6.45) is 0.371. The Morgan fingerprint density at radius 1 is 0.863 bits per heavy atom. The van der Waals surface area contributed by atoms with Crippen molar-refractivity contribution in [2.75, 3.05) is 33.9 Å². The van der Waals surface area contributed by atoms with Crippen molar-refractivity contribution >= 4 is 119 Å². The van der Waals surface area contributed by atoms with Gasteiger partial charge in [-0.1, -0.05) is 10.3 Å². The lowest BCUT2D eigenvalue weighted by Crippen LogP contribution is -2.45. The fourth-order valence-electron chi connectivity index (χ4n) is 5.51. The largest absolute Gasteiger partial charge is 0.495 e. The molecular weight excluding hydrogens is 1070 g/mol. The van der Waals surface area contributed by atoms with E-state index in [2.05, 4.69) is 117 Å². The fraction of sp³-hybridized carbons (Fsp3) is 0.419. The lowest BCUT2D eigenvalue weighted by atomic mass is 9.87. The van der Waals surface area contributed by atoms with Crippen molar-refractivity contribution in [2.24, 2.45) is 10.3 Å². The number of carbonyl (C=O) groups excluding carboxylic acids is 2. The van der Waals surface area contributed by atoms with Crippen LogP contribution in [-0.4, -0.2) is 102 Å². The van der Waals surface area contributed by atoms with E-state index in [0.29, 0.717) is 50.6 Å². The molecule has 4 aliphatic rings. The van der Waals surface area contributed by atoms with Gasteiger partial charge in [0.25, 0.3) is 11.8 Å². The summed E-state index contributed by atoms with van der Waals surface area (Å²) in [6.45, 7) is 0.00846. The average Bonchev–Trinajstić information content (AvgIpc) is 3.71. The van der Waals surface area contributed by atoms with Gasteiger partial charge in [-0.3, -0.25) is 9.59 Å². The van der Waals surface area contributed by atoms with E-state index in [4.69, 9.17) is 23.9 Å². The quantitative estimate of drug-likeness (QED) is 0.199. The highest BCUT2D eigenvalue weighted by molar-refractivity contribution is 9.12. The smallest absolute Gasteiger partial charge is 0.269 e. The molecule has 0 fully saturated rings. The summed E-state index contributed by atoms with van der Waals surface area (Å²) in [6, 6.07) is 3.65. The maximum atomic E-state index is 12.9. The van der Waals surface area contributed by atoms with Gasteiger partial charge in [0.1, 0.15) is 53.6 Å². The van der Waals surface area contributed by atoms with Crippen LogP contribution in [0.25, 0.3) is 0 Å². The zero-order valence-corrected chi connectivity index (χ0v) is 36.2. The predicted octanol–water partition coefficient (Wildman–Crippen LogP) is 4.57. The number of nitrogens with zero attached hydrogens (tertiary/aromatic N) is 2. The molecule has 2 aliphatic carbocycles. The van der Waals surface area contributed by atoms with E-state index in [9.17, 15) is 24.9 Å². The molecule has 0 bridgehead atoms. The number of rotatable bonds is 12. The first-order valence-corrected chi connectivity index (χ1v) is 19.8. The Labute approximate surface area is 342 Å². The minimum Gasteiger partial charge on any atom is -0.495 e. The van der Waals surface area contributed by atoms with Crippen LogP contribution in [0.2, 0.25) is 0 Å². The number of nitrogens with one attached hydrogen (secondary N) is 2. The number of benzene rings is 1. The molecule has 51 heavy (non-hydrogen) atoms. The molecule has 2 aliphatic heterocycles. The third kappa shape index (κ3) is 8.48. The number of allylic oxidation sites excluding steroid dienone is 2. The highest BCUT2D eigenvalue weighted by Gasteiger charge is 2.52. The summed E-state index contributed by atoms with van der Waals surface area (Å²) in [7, 11) is 2.94. The number of hydrogen-bond donors (Lipinski definition) is 5. The molecule has 20 heteroatoms. The van der Waals surface area contributed by atoms with Gasteiger partial charge in [-0.25, -0.2) is 0 Å². The molecule has 276 valence electrons. The lowest BCUT2D eigenvalue weighted by molar-refractivity contribution is -0.116. The number of ether oxygens (including phenoxy) is 3. The van der Waals surface area contributed by atoms with Crippen molar-refractivity contribution in [3.63, 3.8) is 0 Å². The Morgan fingerprint density at radius 3 is 1.80 bits per heavy atom. The summed E-state index contributed by atoms with van der Waals surface area (Å²) in [5.74, 6) is 0.275. The van der Waals surface area contributed by atoms with Gasteiger partial charge in [0.05, 0.1) is 41.1 Å². The van der Waals surface area contributed by atoms with Crippen LogP contribution in [0, 0.1) is 0 Å². The van der Waals surface area contributed by atoms with Gasteiger partial charge in [-0.05, 0) is 132 Å². The first kappa shape index (κ1) is 40.4. The molecule has 1 unspecified atom stereocenters. The van der Waals surface area contributed by atoms with E-state index in [1.165, 1.54) is 14.2 Å².